The summed E-state index contributed by atoms with van der Waals surface area (Å²) in [5.74, 6) is 6.04. The summed E-state index contributed by atoms with van der Waals surface area (Å²) < 4.78 is 0. The van der Waals surface area contributed by atoms with E-state index in [9.17, 15) is 0 Å². The second-order valence-corrected chi connectivity index (χ2v) is 5.22. The zero-order chi connectivity index (χ0) is 11.8. The van der Waals surface area contributed by atoms with Gasteiger partial charge in [0.1, 0.15) is 0 Å². The molecule has 0 amide bonds. The van der Waals surface area contributed by atoms with Crippen molar-refractivity contribution in [1.29, 1.82) is 0 Å². The van der Waals surface area contributed by atoms with Crippen molar-refractivity contribution in [3.63, 3.8) is 0 Å². The highest BCUT2D eigenvalue weighted by atomic mass is 35.5. The second-order valence-electron chi connectivity index (χ2n) is 4.81. The van der Waals surface area contributed by atoms with E-state index in [-0.39, 0.29) is 11.5 Å². The summed E-state index contributed by atoms with van der Waals surface area (Å²) in [5, 5.41) is 0.853. The maximum atomic E-state index is 6.21. The van der Waals surface area contributed by atoms with E-state index in [1.54, 1.807) is 0 Å². The average Bonchev–Trinajstić information content (AvgIpc) is 2.96. The molecule has 1 aliphatic carbocycles. The predicted octanol–water partition coefficient (Wildman–Crippen LogP) is 3.09. The van der Waals surface area contributed by atoms with Crippen molar-refractivity contribution in [2.75, 3.05) is 0 Å². The van der Waals surface area contributed by atoms with E-state index < -0.39 is 0 Å². The van der Waals surface area contributed by atoms with Gasteiger partial charge in [-0.1, -0.05) is 30.4 Å². The number of hydrogen-bond acceptors (Lipinski definition) is 1. The Morgan fingerprint density at radius 1 is 1.44 bits per heavy atom. The topological polar surface area (TPSA) is 26.0 Å². The van der Waals surface area contributed by atoms with Crippen LogP contribution in [0.3, 0.4) is 0 Å². The van der Waals surface area contributed by atoms with Crippen LogP contribution in [-0.4, -0.2) is 6.04 Å². The van der Waals surface area contributed by atoms with E-state index in [0.717, 1.165) is 10.6 Å². The number of nitrogens with two attached hydrogens (primary N) is 1. The smallest absolute Gasteiger partial charge is 0.0639 e. The van der Waals surface area contributed by atoms with Gasteiger partial charge in [-0.15, -0.1) is 0 Å². The fourth-order valence-electron chi connectivity index (χ4n) is 1.72. The first-order valence-corrected chi connectivity index (χ1v) is 5.96. The SMILES string of the molecule is CC(N)C#Cc1ccc(Cl)c(C2(C)CC2)c1. The summed E-state index contributed by atoms with van der Waals surface area (Å²) in [6, 6.07) is 5.90. The molecule has 1 unspecified atom stereocenters. The maximum absolute atomic E-state index is 6.21. The fourth-order valence-corrected chi connectivity index (χ4v) is 2.07. The molecule has 16 heavy (non-hydrogen) atoms. The molecule has 2 rings (SSSR count). The van der Waals surface area contributed by atoms with Crippen molar-refractivity contribution < 1.29 is 0 Å². The van der Waals surface area contributed by atoms with E-state index in [1.165, 1.54) is 18.4 Å². The molecule has 0 radical (unpaired) electrons. The molecule has 1 aliphatic rings. The van der Waals surface area contributed by atoms with Crippen LogP contribution in [0.4, 0.5) is 0 Å². The standard InChI is InChI=1S/C14H16ClN/c1-10(16)3-4-11-5-6-13(15)12(9-11)14(2)7-8-14/h5-6,9-10H,7-8,16H2,1-2H3. The van der Waals surface area contributed by atoms with Gasteiger partial charge in [-0.25, -0.2) is 0 Å². The molecule has 84 valence electrons. The van der Waals surface area contributed by atoms with Gasteiger partial charge in [0.25, 0.3) is 0 Å². The molecule has 1 nitrogen and oxygen atoms in total. The summed E-state index contributed by atoms with van der Waals surface area (Å²) in [5.41, 5.74) is 8.12. The van der Waals surface area contributed by atoms with Gasteiger partial charge in [0, 0.05) is 10.6 Å². The third-order valence-corrected chi connectivity index (χ3v) is 3.39. The lowest BCUT2D eigenvalue weighted by molar-refractivity contribution is 0.788. The van der Waals surface area contributed by atoms with Crippen LogP contribution in [0.5, 0.6) is 0 Å². The number of benzene rings is 1. The van der Waals surface area contributed by atoms with Gasteiger partial charge in [-0.2, -0.15) is 0 Å². The molecule has 0 spiro atoms. The second kappa shape index (κ2) is 4.13. The summed E-state index contributed by atoms with van der Waals surface area (Å²) in [7, 11) is 0. The fraction of sp³-hybridized carbons (Fsp3) is 0.429. The van der Waals surface area contributed by atoms with E-state index in [2.05, 4.69) is 24.8 Å². The van der Waals surface area contributed by atoms with Crippen LogP contribution in [0.15, 0.2) is 18.2 Å². The maximum Gasteiger partial charge on any atom is 0.0639 e. The number of rotatable bonds is 1. The molecule has 1 aromatic carbocycles. The van der Waals surface area contributed by atoms with Gasteiger partial charge in [0.05, 0.1) is 6.04 Å². The zero-order valence-corrected chi connectivity index (χ0v) is 10.4. The first-order chi connectivity index (χ1) is 7.51. The molecule has 2 N–H and O–H groups in total. The Balaban J connectivity index is 2.34. The van der Waals surface area contributed by atoms with E-state index in [4.69, 9.17) is 17.3 Å². The molecule has 1 saturated carbocycles. The quantitative estimate of drug-likeness (QED) is 0.742. The third kappa shape index (κ3) is 2.40. The molecule has 1 atom stereocenters. The Hall–Kier alpha value is -0.970. The van der Waals surface area contributed by atoms with Gasteiger partial charge in [0.15, 0.2) is 0 Å². The molecule has 0 aromatic heterocycles. The van der Waals surface area contributed by atoms with Gasteiger partial charge in [0.2, 0.25) is 0 Å². The highest BCUT2D eigenvalue weighted by Gasteiger charge is 2.40. The van der Waals surface area contributed by atoms with Gasteiger partial charge >= 0.3 is 0 Å². The molecule has 1 aromatic rings. The minimum atomic E-state index is -0.0874. The van der Waals surface area contributed by atoms with Crippen LogP contribution in [0.25, 0.3) is 0 Å². The predicted molar refractivity (Wildman–Crippen MR) is 68.6 cm³/mol. The van der Waals surface area contributed by atoms with Gasteiger partial charge in [-0.05, 0) is 48.9 Å². The molecule has 0 aliphatic heterocycles. The van der Waals surface area contributed by atoms with Crippen molar-refractivity contribution in [1.82, 2.24) is 0 Å². The van der Waals surface area contributed by atoms with Crippen LogP contribution in [0.2, 0.25) is 5.02 Å². The molecule has 1 fully saturated rings. The van der Waals surface area contributed by atoms with Crippen molar-refractivity contribution in [2.24, 2.45) is 5.73 Å². The summed E-state index contributed by atoms with van der Waals surface area (Å²) in [6.07, 6.45) is 2.44. The van der Waals surface area contributed by atoms with Crippen molar-refractivity contribution in [3.05, 3.63) is 34.3 Å². The largest absolute Gasteiger partial charge is 0.318 e. The lowest BCUT2D eigenvalue weighted by atomic mass is 9.96. The lowest BCUT2D eigenvalue weighted by Gasteiger charge is -2.11. The molecule has 0 heterocycles. The number of hydrogen-bond donors (Lipinski definition) is 1. The molecular formula is C14H16ClN. The van der Waals surface area contributed by atoms with Gasteiger partial charge < -0.3 is 5.73 Å². The normalized spacial score (nSPS) is 18.5. The zero-order valence-electron chi connectivity index (χ0n) is 9.68. The molecule has 0 saturated heterocycles. The van der Waals surface area contributed by atoms with Crippen LogP contribution in [0.1, 0.15) is 37.8 Å². The van der Waals surface area contributed by atoms with Crippen LogP contribution in [-0.2, 0) is 5.41 Å². The summed E-state index contributed by atoms with van der Waals surface area (Å²) in [6.45, 7) is 4.13. The van der Waals surface area contributed by atoms with E-state index in [0.29, 0.717) is 0 Å². The van der Waals surface area contributed by atoms with E-state index in [1.807, 2.05) is 19.1 Å². The van der Waals surface area contributed by atoms with Crippen LogP contribution in [0, 0.1) is 11.8 Å². The van der Waals surface area contributed by atoms with E-state index >= 15 is 0 Å². The Kier molecular flexibility index (Phi) is 2.97. The number of halogens is 1. The lowest BCUT2D eigenvalue weighted by Crippen LogP contribution is -2.11. The van der Waals surface area contributed by atoms with Crippen molar-refractivity contribution in [2.45, 2.75) is 38.1 Å². The first kappa shape index (κ1) is 11.5. The Labute approximate surface area is 102 Å². The monoisotopic (exact) mass is 233 g/mol. The minimum Gasteiger partial charge on any atom is -0.318 e. The molecule has 0 bridgehead atoms. The Morgan fingerprint density at radius 3 is 2.69 bits per heavy atom. The summed E-state index contributed by atoms with van der Waals surface area (Å²) >= 11 is 6.21. The highest BCUT2D eigenvalue weighted by Crippen LogP contribution is 2.50. The third-order valence-electron chi connectivity index (χ3n) is 3.06. The van der Waals surface area contributed by atoms with Crippen LogP contribution < -0.4 is 5.73 Å². The minimum absolute atomic E-state index is 0.0874. The van der Waals surface area contributed by atoms with Crippen molar-refractivity contribution in [3.8, 4) is 11.8 Å². The average molecular weight is 234 g/mol. The summed E-state index contributed by atoms with van der Waals surface area (Å²) in [4.78, 5) is 0. The Bertz CT molecular complexity index is 461. The van der Waals surface area contributed by atoms with Gasteiger partial charge in [-0.3, -0.25) is 0 Å². The highest BCUT2D eigenvalue weighted by molar-refractivity contribution is 6.31. The Morgan fingerprint density at radius 2 is 2.12 bits per heavy atom. The molecule has 2 heteroatoms. The first-order valence-electron chi connectivity index (χ1n) is 5.58. The van der Waals surface area contributed by atoms with Crippen molar-refractivity contribution >= 4 is 11.6 Å². The molecular weight excluding hydrogens is 218 g/mol. The van der Waals surface area contributed by atoms with Crippen LogP contribution >= 0.6 is 11.6 Å².